The molecule has 0 saturated carbocycles. The van der Waals surface area contributed by atoms with Crippen molar-refractivity contribution < 1.29 is 19.1 Å². The molecule has 6 heteroatoms. The second-order valence-corrected chi connectivity index (χ2v) is 4.61. The second kappa shape index (κ2) is 5.69. The minimum atomic E-state index is -0.860. The van der Waals surface area contributed by atoms with Gasteiger partial charge in [0.15, 0.2) is 0 Å². The zero-order valence-electron chi connectivity index (χ0n) is 10.3. The van der Waals surface area contributed by atoms with Crippen molar-refractivity contribution in [2.24, 2.45) is 5.92 Å². The van der Waals surface area contributed by atoms with Gasteiger partial charge in [-0.15, -0.1) is 0 Å². The number of para-hydroxylation sites is 1. The van der Waals surface area contributed by atoms with Gasteiger partial charge in [-0.05, 0) is 24.5 Å². The monoisotopic (exact) mass is 266 g/mol. The quantitative estimate of drug-likeness (QED) is 0.880. The van der Waals surface area contributed by atoms with Gasteiger partial charge < -0.3 is 15.3 Å². The number of nitrogens with zero attached hydrogens (tertiary/aromatic N) is 1. The summed E-state index contributed by atoms with van der Waals surface area (Å²) in [6.07, 6.45) is 0.723. The van der Waals surface area contributed by atoms with Gasteiger partial charge in [0.05, 0.1) is 5.69 Å². The maximum Gasteiger partial charge on any atom is 0.321 e. The van der Waals surface area contributed by atoms with Gasteiger partial charge in [0.1, 0.15) is 5.82 Å². The summed E-state index contributed by atoms with van der Waals surface area (Å²) in [5.41, 5.74) is 0.134. The van der Waals surface area contributed by atoms with Crippen LogP contribution >= 0.6 is 0 Å². The fourth-order valence-electron chi connectivity index (χ4n) is 2.19. The van der Waals surface area contributed by atoms with E-state index in [4.69, 9.17) is 5.11 Å². The molecule has 102 valence electrons. The molecule has 0 spiro atoms. The molecule has 2 amide bonds. The van der Waals surface area contributed by atoms with Gasteiger partial charge in [0.2, 0.25) is 0 Å². The number of amides is 2. The van der Waals surface area contributed by atoms with Gasteiger partial charge in [0.25, 0.3) is 0 Å². The molecular weight excluding hydrogens is 251 g/mol. The molecule has 0 aliphatic carbocycles. The normalized spacial score (nSPS) is 18.4. The van der Waals surface area contributed by atoms with E-state index in [2.05, 4.69) is 5.32 Å². The van der Waals surface area contributed by atoms with Crippen LogP contribution in [0.4, 0.5) is 14.9 Å². The smallest absolute Gasteiger partial charge is 0.321 e. The fourth-order valence-corrected chi connectivity index (χ4v) is 2.19. The summed E-state index contributed by atoms with van der Waals surface area (Å²) < 4.78 is 13.4. The molecule has 0 aromatic heterocycles. The lowest BCUT2D eigenvalue weighted by Crippen LogP contribution is -2.33. The highest BCUT2D eigenvalue weighted by Gasteiger charge is 2.27. The number of halogens is 1. The summed E-state index contributed by atoms with van der Waals surface area (Å²) in [6, 6.07) is 5.54. The van der Waals surface area contributed by atoms with E-state index in [-0.39, 0.29) is 18.0 Å². The predicted molar refractivity (Wildman–Crippen MR) is 67.4 cm³/mol. The van der Waals surface area contributed by atoms with E-state index in [0.717, 1.165) is 0 Å². The van der Waals surface area contributed by atoms with Crippen LogP contribution in [0, 0.1) is 11.7 Å². The van der Waals surface area contributed by atoms with Crippen LogP contribution in [0.15, 0.2) is 24.3 Å². The van der Waals surface area contributed by atoms with Crippen molar-refractivity contribution in [2.75, 3.05) is 18.4 Å². The molecule has 1 unspecified atom stereocenters. The Balaban J connectivity index is 1.91. The van der Waals surface area contributed by atoms with E-state index in [0.29, 0.717) is 19.5 Å². The average molecular weight is 266 g/mol. The molecule has 1 aliphatic rings. The lowest BCUT2D eigenvalue weighted by atomic mass is 10.1. The molecule has 2 rings (SSSR count). The molecule has 2 N–H and O–H groups in total. The Kier molecular flexibility index (Phi) is 3.99. The molecule has 1 atom stereocenters. The maximum atomic E-state index is 13.4. The van der Waals surface area contributed by atoms with E-state index >= 15 is 0 Å². The first-order chi connectivity index (χ1) is 9.06. The number of anilines is 1. The third-order valence-corrected chi connectivity index (χ3v) is 3.15. The predicted octanol–water partition coefficient (Wildman–Crippen LogP) is 2.15. The third-order valence-electron chi connectivity index (χ3n) is 3.15. The van der Waals surface area contributed by atoms with Crippen molar-refractivity contribution in [3.63, 3.8) is 0 Å². The second-order valence-electron chi connectivity index (χ2n) is 4.61. The first kappa shape index (κ1) is 13.3. The van der Waals surface area contributed by atoms with Crippen molar-refractivity contribution in [3.05, 3.63) is 30.1 Å². The number of benzene rings is 1. The van der Waals surface area contributed by atoms with E-state index in [1.807, 2.05) is 0 Å². The molecule has 1 aromatic carbocycles. The largest absolute Gasteiger partial charge is 0.481 e. The summed E-state index contributed by atoms with van der Waals surface area (Å²) >= 11 is 0. The zero-order valence-corrected chi connectivity index (χ0v) is 10.3. The van der Waals surface area contributed by atoms with E-state index in [1.165, 1.54) is 17.0 Å². The number of rotatable bonds is 3. The van der Waals surface area contributed by atoms with Crippen molar-refractivity contribution in [2.45, 2.75) is 12.8 Å². The minimum absolute atomic E-state index is 0.0242. The van der Waals surface area contributed by atoms with Crippen LogP contribution in [-0.2, 0) is 4.79 Å². The number of likely N-dealkylation sites (tertiary alicyclic amines) is 1. The summed E-state index contributed by atoms with van der Waals surface area (Å²) in [5, 5.41) is 11.2. The van der Waals surface area contributed by atoms with Crippen molar-refractivity contribution >= 4 is 17.7 Å². The summed E-state index contributed by atoms with van der Waals surface area (Å²) in [7, 11) is 0. The Morgan fingerprint density at radius 2 is 2.16 bits per heavy atom. The highest BCUT2D eigenvalue weighted by Crippen LogP contribution is 2.21. The maximum absolute atomic E-state index is 13.4. The number of carboxylic acid groups (broad SMARTS) is 1. The first-order valence-electron chi connectivity index (χ1n) is 6.08. The van der Waals surface area contributed by atoms with Gasteiger partial charge in [-0.25, -0.2) is 9.18 Å². The van der Waals surface area contributed by atoms with Crippen molar-refractivity contribution in [1.82, 2.24) is 4.90 Å². The highest BCUT2D eigenvalue weighted by atomic mass is 19.1. The molecule has 1 aliphatic heterocycles. The van der Waals surface area contributed by atoms with Gasteiger partial charge in [-0.3, -0.25) is 4.79 Å². The number of carbonyl (C=O) groups excluding carboxylic acids is 1. The Labute approximate surface area is 110 Å². The molecule has 0 bridgehead atoms. The van der Waals surface area contributed by atoms with Crippen LogP contribution in [0.5, 0.6) is 0 Å². The number of aliphatic carboxylic acids is 1. The van der Waals surface area contributed by atoms with Crippen LogP contribution in [0.2, 0.25) is 0 Å². The standard InChI is InChI=1S/C13H15FN2O3/c14-10-3-1-2-4-11(10)15-13(19)16-6-5-9(8-16)7-12(17)18/h1-4,9H,5-8H2,(H,15,19)(H,17,18). The number of nitrogens with one attached hydrogen (secondary N) is 1. The van der Waals surface area contributed by atoms with Crippen LogP contribution in [0.3, 0.4) is 0 Å². The Bertz CT molecular complexity index is 493. The molecule has 1 saturated heterocycles. The van der Waals surface area contributed by atoms with Crippen LogP contribution < -0.4 is 5.32 Å². The number of hydrogen-bond acceptors (Lipinski definition) is 2. The summed E-state index contributed by atoms with van der Waals surface area (Å²) in [6.45, 7) is 0.894. The number of urea groups is 1. The van der Waals surface area contributed by atoms with Crippen LogP contribution in [-0.4, -0.2) is 35.1 Å². The van der Waals surface area contributed by atoms with Crippen molar-refractivity contribution in [3.8, 4) is 0 Å². The zero-order chi connectivity index (χ0) is 13.8. The van der Waals surface area contributed by atoms with Crippen molar-refractivity contribution in [1.29, 1.82) is 0 Å². The fraction of sp³-hybridized carbons (Fsp3) is 0.385. The van der Waals surface area contributed by atoms with E-state index in [9.17, 15) is 14.0 Å². The molecule has 1 heterocycles. The third kappa shape index (κ3) is 3.43. The summed E-state index contributed by atoms with van der Waals surface area (Å²) in [5.74, 6) is -1.37. The minimum Gasteiger partial charge on any atom is -0.481 e. The molecule has 19 heavy (non-hydrogen) atoms. The molecular formula is C13H15FN2O3. The van der Waals surface area contributed by atoms with E-state index < -0.39 is 17.8 Å². The summed E-state index contributed by atoms with van der Waals surface area (Å²) in [4.78, 5) is 24.0. The van der Waals surface area contributed by atoms with Crippen LogP contribution in [0.25, 0.3) is 0 Å². The average Bonchev–Trinajstić information content (AvgIpc) is 2.79. The SMILES string of the molecule is O=C(O)CC1CCN(C(=O)Nc2ccccc2F)C1. The Morgan fingerprint density at radius 1 is 1.42 bits per heavy atom. The number of hydrogen-bond donors (Lipinski definition) is 2. The molecule has 1 aromatic rings. The topological polar surface area (TPSA) is 69.6 Å². The highest BCUT2D eigenvalue weighted by molar-refractivity contribution is 5.89. The Hall–Kier alpha value is -2.11. The number of carbonyl (C=O) groups is 2. The van der Waals surface area contributed by atoms with Gasteiger partial charge in [-0.1, -0.05) is 12.1 Å². The van der Waals surface area contributed by atoms with E-state index in [1.54, 1.807) is 12.1 Å². The van der Waals surface area contributed by atoms with Gasteiger partial charge >= 0.3 is 12.0 Å². The molecule has 0 radical (unpaired) electrons. The van der Waals surface area contributed by atoms with Gasteiger partial charge in [0, 0.05) is 19.5 Å². The lowest BCUT2D eigenvalue weighted by Gasteiger charge is -2.17. The number of carboxylic acids is 1. The molecule has 5 nitrogen and oxygen atoms in total. The lowest BCUT2D eigenvalue weighted by molar-refractivity contribution is -0.138. The first-order valence-corrected chi connectivity index (χ1v) is 6.08. The molecule has 1 fully saturated rings. The van der Waals surface area contributed by atoms with Crippen LogP contribution in [0.1, 0.15) is 12.8 Å². The van der Waals surface area contributed by atoms with Gasteiger partial charge in [-0.2, -0.15) is 0 Å². The Morgan fingerprint density at radius 3 is 2.84 bits per heavy atom.